The molecule has 0 atom stereocenters. The van der Waals surface area contributed by atoms with E-state index >= 15 is 0 Å². The van der Waals surface area contributed by atoms with Gasteiger partial charge in [-0.2, -0.15) is 0 Å². The van der Waals surface area contributed by atoms with Crippen LogP contribution in [0.3, 0.4) is 0 Å². The van der Waals surface area contributed by atoms with Crippen LogP contribution < -0.4 is 5.73 Å². The average Bonchev–Trinajstić information content (AvgIpc) is 2.64. The van der Waals surface area contributed by atoms with Crippen LogP contribution in [0, 0.1) is 12.8 Å². The predicted molar refractivity (Wildman–Crippen MR) is 86.1 cm³/mol. The van der Waals surface area contributed by atoms with Crippen LogP contribution in [0.5, 0.6) is 0 Å². The quantitative estimate of drug-likeness (QED) is 0.880. The summed E-state index contributed by atoms with van der Waals surface area (Å²) in [6.45, 7) is 13.8. The van der Waals surface area contributed by atoms with Crippen molar-refractivity contribution in [3.05, 3.63) is 34.6 Å². The molecule has 2 rings (SSSR count). The molecule has 0 unspecified atom stereocenters. The van der Waals surface area contributed by atoms with Gasteiger partial charge in [0.15, 0.2) is 0 Å². The summed E-state index contributed by atoms with van der Waals surface area (Å²) < 4.78 is 6.14. The van der Waals surface area contributed by atoms with Crippen molar-refractivity contribution in [2.75, 3.05) is 0 Å². The molecule has 0 aliphatic carbocycles. The van der Waals surface area contributed by atoms with Crippen molar-refractivity contribution < 1.29 is 4.42 Å². The Morgan fingerprint density at radius 1 is 1.20 bits per heavy atom. The first kappa shape index (κ1) is 15.1. The van der Waals surface area contributed by atoms with Gasteiger partial charge in [0.25, 0.3) is 0 Å². The molecule has 2 aromatic rings. The minimum absolute atomic E-state index is 0.0725. The molecule has 0 spiro atoms. The van der Waals surface area contributed by atoms with Crippen molar-refractivity contribution in [3.8, 4) is 0 Å². The first-order valence-corrected chi connectivity index (χ1v) is 7.49. The number of hydrogen-bond acceptors (Lipinski definition) is 2. The highest BCUT2D eigenvalue weighted by Crippen LogP contribution is 2.36. The number of fused-ring (bicyclic) bond motifs is 1. The van der Waals surface area contributed by atoms with E-state index in [2.05, 4.69) is 53.7 Å². The average molecular weight is 273 g/mol. The summed E-state index contributed by atoms with van der Waals surface area (Å²) in [5, 5.41) is 1.25. The van der Waals surface area contributed by atoms with Gasteiger partial charge in [-0.25, -0.2) is 0 Å². The molecule has 1 heterocycles. The van der Waals surface area contributed by atoms with E-state index in [1.807, 2.05) is 0 Å². The molecule has 0 aliphatic heterocycles. The van der Waals surface area contributed by atoms with Crippen molar-refractivity contribution in [1.82, 2.24) is 0 Å². The Morgan fingerprint density at radius 3 is 2.35 bits per heavy atom. The normalized spacial score (nSPS) is 12.6. The molecule has 1 aromatic carbocycles. The zero-order valence-electron chi connectivity index (χ0n) is 13.6. The summed E-state index contributed by atoms with van der Waals surface area (Å²) in [5.74, 6) is 1.55. The van der Waals surface area contributed by atoms with Gasteiger partial charge in [0.1, 0.15) is 11.3 Å². The van der Waals surface area contributed by atoms with Gasteiger partial charge in [-0.05, 0) is 36.3 Å². The lowest BCUT2D eigenvalue weighted by Crippen LogP contribution is -2.11. The van der Waals surface area contributed by atoms with E-state index in [0.717, 1.165) is 17.8 Å². The Bertz CT molecular complexity index is 614. The summed E-state index contributed by atoms with van der Waals surface area (Å²) >= 11 is 0. The summed E-state index contributed by atoms with van der Waals surface area (Å²) in [5.41, 5.74) is 10.9. The third kappa shape index (κ3) is 2.76. The zero-order valence-corrected chi connectivity index (χ0v) is 13.6. The van der Waals surface area contributed by atoms with Crippen molar-refractivity contribution >= 4 is 11.0 Å². The monoisotopic (exact) mass is 273 g/mol. The van der Waals surface area contributed by atoms with Gasteiger partial charge < -0.3 is 10.2 Å². The lowest BCUT2D eigenvalue weighted by Gasteiger charge is -2.20. The minimum Gasteiger partial charge on any atom is -0.459 e. The van der Waals surface area contributed by atoms with Crippen molar-refractivity contribution in [1.29, 1.82) is 0 Å². The fraction of sp³-hybridized carbons (Fsp3) is 0.556. The van der Waals surface area contributed by atoms with Crippen LogP contribution >= 0.6 is 0 Å². The summed E-state index contributed by atoms with van der Waals surface area (Å²) in [6.07, 6.45) is 1.02. The summed E-state index contributed by atoms with van der Waals surface area (Å²) in [7, 11) is 0. The Labute approximate surface area is 122 Å². The maximum absolute atomic E-state index is 6.14. The van der Waals surface area contributed by atoms with Crippen LogP contribution in [0.4, 0.5) is 0 Å². The molecule has 0 saturated carbocycles. The van der Waals surface area contributed by atoms with Gasteiger partial charge in [0.2, 0.25) is 0 Å². The Balaban J connectivity index is 2.77. The zero-order chi connectivity index (χ0) is 15.1. The number of rotatable bonds is 3. The molecule has 0 bridgehead atoms. The number of furan rings is 1. The molecule has 0 radical (unpaired) electrons. The molecular formula is C18H27NO. The molecule has 20 heavy (non-hydrogen) atoms. The van der Waals surface area contributed by atoms with Gasteiger partial charge in [0, 0.05) is 16.5 Å². The van der Waals surface area contributed by atoms with Crippen LogP contribution in [0.25, 0.3) is 11.0 Å². The van der Waals surface area contributed by atoms with E-state index in [-0.39, 0.29) is 5.41 Å². The van der Waals surface area contributed by atoms with E-state index < -0.39 is 0 Å². The summed E-state index contributed by atoms with van der Waals surface area (Å²) in [4.78, 5) is 0. The van der Waals surface area contributed by atoms with E-state index in [4.69, 9.17) is 10.2 Å². The summed E-state index contributed by atoms with van der Waals surface area (Å²) in [6, 6.07) is 4.48. The highest BCUT2D eigenvalue weighted by molar-refractivity contribution is 5.86. The molecule has 0 fully saturated rings. The second-order valence-electron chi connectivity index (χ2n) is 7.25. The smallest absolute Gasteiger partial charge is 0.138 e. The Morgan fingerprint density at radius 2 is 1.85 bits per heavy atom. The molecule has 2 N–H and O–H groups in total. The molecule has 0 aliphatic rings. The van der Waals surface area contributed by atoms with Crippen LogP contribution in [0.15, 0.2) is 16.5 Å². The van der Waals surface area contributed by atoms with Gasteiger partial charge in [0.05, 0.1) is 6.54 Å². The third-order valence-electron chi connectivity index (χ3n) is 3.73. The lowest BCUT2D eigenvalue weighted by atomic mass is 9.84. The maximum atomic E-state index is 6.14. The molecule has 0 amide bonds. The van der Waals surface area contributed by atoms with Crippen molar-refractivity contribution in [2.45, 2.75) is 59.9 Å². The molecule has 2 heteroatoms. The Kier molecular flexibility index (Phi) is 3.97. The highest BCUT2D eigenvalue weighted by atomic mass is 16.3. The maximum Gasteiger partial charge on any atom is 0.138 e. The number of aryl methyl sites for hydroxylation is 1. The van der Waals surface area contributed by atoms with Gasteiger partial charge in [-0.3, -0.25) is 0 Å². The van der Waals surface area contributed by atoms with Crippen LogP contribution in [-0.2, 0) is 18.4 Å². The van der Waals surface area contributed by atoms with Crippen molar-refractivity contribution in [2.24, 2.45) is 11.7 Å². The lowest BCUT2D eigenvalue weighted by molar-refractivity contribution is 0.517. The number of benzene rings is 1. The number of nitrogens with two attached hydrogens (primary N) is 1. The fourth-order valence-corrected chi connectivity index (χ4v) is 2.80. The molecule has 0 saturated heterocycles. The van der Waals surface area contributed by atoms with Gasteiger partial charge >= 0.3 is 0 Å². The van der Waals surface area contributed by atoms with Gasteiger partial charge in [-0.1, -0.05) is 40.7 Å². The third-order valence-corrected chi connectivity index (χ3v) is 3.73. The largest absolute Gasteiger partial charge is 0.459 e. The Hall–Kier alpha value is -1.28. The predicted octanol–water partition coefficient (Wildman–Crippen LogP) is 4.70. The SMILES string of the molecule is Cc1cc(C(C)(C)C)c2oc(CN)c(CC(C)C)c2c1. The molecule has 110 valence electrons. The second kappa shape index (κ2) is 5.25. The van der Waals surface area contributed by atoms with E-state index in [9.17, 15) is 0 Å². The highest BCUT2D eigenvalue weighted by Gasteiger charge is 2.23. The van der Waals surface area contributed by atoms with Crippen LogP contribution in [-0.4, -0.2) is 0 Å². The fourth-order valence-electron chi connectivity index (χ4n) is 2.80. The van der Waals surface area contributed by atoms with Crippen LogP contribution in [0.1, 0.15) is 57.1 Å². The first-order valence-electron chi connectivity index (χ1n) is 7.49. The first-order chi connectivity index (χ1) is 9.24. The minimum atomic E-state index is 0.0725. The number of hydrogen-bond donors (Lipinski definition) is 1. The van der Waals surface area contributed by atoms with E-state index in [1.54, 1.807) is 0 Å². The topological polar surface area (TPSA) is 39.2 Å². The molecular weight excluding hydrogens is 246 g/mol. The van der Waals surface area contributed by atoms with E-state index in [1.165, 1.54) is 22.1 Å². The van der Waals surface area contributed by atoms with E-state index in [0.29, 0.717) is 12.5 Å². The molecule has 1 aromatic heterocycles. The second-order valence-corrected chi connectivity index (χ2v) is 7.25. The molecule has 2 nitrogen and oxygen atoms in total. The van der Waals surface area contributed by atoms with Crippen LogP contribution in [0.2, 0.25) is 0 Å². The van der Waals surface area contributed by atoms with Crippen molar-refractivity contribution in [3.63, 3.8) is 0 Å². The standard InChI is InChI=1S/C18H27NO/c1-11(2)7-13-14-8-12(3)9-15(18(4,5)6)17(14)20-16(13)10-19/h8-9,11H,7,10,19H2,1-6H3. The van der Waals surface area contributed by atoms with Gasteiger partial charge in [-0.15, -0.1) is 0 Å².